The van der Waals surface area contributed by atoms with Crippen LogP contribution in [-0.4, -0.2) is 5.91 Å². The highest BCUT2D eigenvalue weighted by Crippen LogP contribution is 2.20. The van der Waals surface area contributed by atoms with E-state index < -0.39 is 0 Å². The second-order valence-electron chi connectivity index (χ2n) is 4.98. The van der Waals surface area contributed by atoms with Gasteiger partial charge < -0.3 is 11.1 Å². The fraction of sp³-hybridized carbons (Fsp3) is 0.500. The van der Waals surface area contributed by atoms with E-state index in [1.165, 1.54) is 25.7 Å². The molecule has 108 valence electrons. The second kappa shape index (κ2) is 8.98. The van der Waals surface area contributed by atoms with Crippen LogP contribution in [0.5, 0.6) is 0 Å². The summed E-state index contributed by atoms with van der Waals surface area (Å²) < 4.78 is 0. The lowest BCUT2D eigenvalue weighted by molar-refractivity contribution is -0.116. The molecule has 0 radical (unpaired) electrons. The lowest BCUT2D eigenvalue weighted by atomic mass is 10.1. The predicted molar refractivity (Wildman–Crippen MR) is 82.2 cm³/mol. The fourth-order valence-corrected chi connectivity index (χ4v) is 2.02. The predicted octanol–water partition coefficient (Wildman–Crippen LogP) is 3.83. The summed E-state index contributed by atoms with van der Waals surface area (Å²) in [6.07, 6.45) is 7.47. The number of nitrogen functional groups attached to an aromatic ring is 1. The second-order valence-corrected chi connectivity index (χ2v) is 4.98. The first kappa shape index (κ1) is 16.0. The highest BCUT2D eigenvalue weighted by Gasteiger charge is 2.05. The van der Waals surface area contributed by atoms with Crippen molar-refractivity contribution in [2.24, 2.45) is 0 Å². The van der Waals surface area contributed by atoms with Gasteiger partial charge in [-0.2, -0.15) is 5.26 Å². The van der Waals surface area contributed by atoms with Gasteiger partial charge in [-0.25, -0.2) is 0 Å². The zero-order chi connectivity index (χ0) is 14.8. The molecule has 1 aromatic rings. The van der Waals surface area contributed by atoms with E-state index in [9.17, 15) is 4.79 Å². The molecule has 1 rings (SSSR count). The van der Waals surface area contributed by atoms with E-state index in [4.69, 9.17) is 11.0 Å². The molecular weight excluding hydrogens is 250 g/mol. The number of anilines is 2. The van der Waals surface area contributed by atoms with Crippen LogP contribution in [0.25, 0.3) is 0 Å². The van der Waals surface area contributed by atoms with E-state index in [1.54, 1.807) is 18.2 Å². The van der Waals surface area contributed by atoms with Gasteiger partial charge in [0.2, 0.25) is 5.91 Å². The van der Waals surface area contributed by atoms with Crippen LogP contribution in [0.2, 0.25) is 0 Å². The van der Waals surface area contributed by atoms with Crippen LogP contribution in [-0.2, 0) is 4.79 Å². The van der Waals surface area contributed by atoms with Gasteiger partial charge >= 0.3 is 0 Å². The Morgan fingerprint density at radius 1 is 1.25 bits per heavy atom. The molecule has 4 nitrogen and oxygen atoms in total. The third kappa shape index (κ3) is 5.75. The molecule has 3 N–H and O–H groups in total. The van der Waals surface area contributed by atoms with Gasteiger partial charge in [0.05, 0.1) is 23.0 Å². The van der Waals surface area contributed by atoms with Gasteiger partial charge in [0.1, 0.15) is 0 Å². The van der Waals surface area contributed by atoms with Crippen molar-refractivity contribution in [2.45, 2.75) is 51.9 Å². The minimum Gasteiger partial charge on any atom is -0.397 e. The van der Waals surface area contributed by atoms with E-state index in [2.05, 4.69) is 12.2 Å². The van der Waals surface area contributed by atoms with Crippen LogP contribution in [0, 0.1) is 11.3 Å². The zero-order valence-corrected chi connectivity index (χ0v) is 12.1. The smallest absolute Gasteiger partial charge is 0.224 e. The van der Waals surface area contributed by atoms with Gasteiger partial charge in [-0.05, 0) is 24.6 Å². The Balaban J connectivity index is 2.30. The number of rotatable bonds is 8. The molecule has 1 aromatic carbocycles. The van der Waals surface area contributed by atoms with Crippen LogP contribution in [0.4, 0.5) is 11.4 Å². The number of benzene rings is 1. The first-order chi connectivity index (χ1) is 9.67. The van der Waals surface area contributed by atoms with E-state index in [0.717, 1.165) is 12.8 Å². The van der Waals surface area contributed by atoms with Crippen molar-refractivity contribution in [3.63, 3.8) is 0 Å². The van der Waals surface area contributed by atoms with E-state index in [0.29, 0.717) is 23.4 Å². The fourth-order valence-electron chi connectivity index (χ4n) is 2.02. The summed E-state index contributed by atoms with van der Waals surface area (Å²) in [6.45, 7) is 2.19. The zero-order valence-electron chi connectivity index (χ0n) is 12.1. The van der Waals surface area contributed by atoms with Crippen molar-refractivity contribution >= 4 is 17.3 Å². The molecule has 0 aliphatic rings. The number of nitriles is 1. The normalized spacial score (nSPS) is 10.0. The third-order valence-electron chi connectivity index (χ3n) is 3.21. The molecule has 0 spiro atoms. The van der Waals surface area contributed by atoms with E-state index in [1.807, 2.05) is 6.07 Å². The van der Waals surface area contributed by atoms with Crippen molar-refractivity contribution in [2.75, 3.05) is 11.1 Å². The number of nitrogens with one attached hydrogen (secondary N) is 1. The van der Waals surface area contributed by atoms with Crippen LogP contribution < -0.4 is 11.1 Å². The molecule has 0 aliphatic heterocycles. The Kier molecular flexibility index (Phi) is 7.20. The van der Waals surface area contributed by atoms with E-state index in [-0.39, 0.29) is 5.91 Å². The van der Waals surface area contributed by atoms with Crippen molar-refractivity contribution in [1.29, 1.82) is 5.26 Å². The average Bonchev–Trinajstić information content (AvgIpc) is 2.45. The molecule has 0 unspecified atom stereocenters. The molecule has 0 fully saturated rings. The Hall–Kier alpha value is -2.02. The minimum atomic E-state index is -0.0168. The molecule has 0 aliphatic carbocycles. The standard InChI is InChI=1S/C16H23N3O/c1-2-3-4-5-6-7-8-16(20)19-15-10-9-13(12-17)11-14(15)18/h9-11H,2-8,18H2,1H3,(H,19,20). The van der Waals surface area contributed by atoms with Crippen LogP contribution >= 0.6 is 0 Å². The molecule has 0 bridgehead atoms. The highest BCUT2D eigenvalue weighted by atomic mass is 16.1. The Morgan fingerprint density at radius 3 is 2.60 bits per heavy atom. The summed E-state index contributed by atoms with van der Waals surface area (Å²) in [7, 11) is 0. The van der Waals surface area contributed by atoms with Gasteiger partial charge in [-0.1, -0.05) is 39.0 Å². The first-order valence-electron chi connectivity index (χ1n) is 7.27. The van der Waals surface area contributed by atoms with E-state index >= 15 is 0 Å². The van der Waals surface area contributed by atoms with Crippen LogP contribution in [0.15, 0.2) is 18.2 Å². The summed E-state index contributed by atoms with van der Waals surface area (Å²) in [5.41, 5.74) is 7.30. The number of hydrogen-bond donors (Lipinski definition) is 2. The quantitative estimate of drug-likeness (QED) is 0.558. The maximum Gasteiger partial charge on any atom is 0.224 e. The summed E-state index contributed by atoms with van der Waals surface area (Å²) >= 11 is 0. The van der Waals surface area contributed by atoms with Crippen molar-refractivity contribution in [1.82, 2.24) is 0 Å². The van der Waals surface area contributed by atoms with Crippen molar-refractivity contribution in [3.05, 3.63) is 23.8 Å². The number of amides is 1. The Labute approximate surface area is 121 Å². The molecule has 1 amide bonds. The average molecular weight is 273 g/mol. The first-order valence-corrected chi connectivity index (χ1v) is 7.27. The van der Waals surface area contributed by atoms with Gasteiger partial charge in [0.25, 0.3) is 0 Å². The molecule has 20 heavy (non-hydrogen) atoms. The number of nitrogens with two attached hydrogens (primary N) is 1. The molecular formula is C16H23N3O. The number of unbranched alkanes of at least 4 members (excludes halogenated alkanes) is 5. The Morgan fingerprint density at radius 2 is 1.95 bits per heavy atom. The van der Waals surface area contributed by atoms with Gasteiger partial charge in [0, 0.05) is 6.42 Å². The summed E-state index contributed by atoms with van der Waals surface area (Å²) in [6, 6.07) is 6.91. The number of nitrogens with zero attached hydrogens (tertiary/aromatic N) is 1. The van der Waals surface area contributed by atoms with Gasteiger partial charge in [-0.3, -0.25) is 4.79 Å². The summed E-state index contributed by atoms with van der Waals surface area (Å²) in [5, 5.41) is 11.5. The topological polar surface area (TPSA) is 78.9 Å². The monoisotopic (exact) mass is 273 g/mol. The maximum atomic E-state index is 11.8. The van der Waals surface area contributed by atoms with Crippen molar-refractivity contribution in [3.8, 4) is 6.07 Å². The summed E-state index contributed by atoms with van der Waals surface area (Å²) in [4.78, 5) is 11.8. The lowest BCUT2D eigenvalue weighted by Crippen LogP contribution is -2.12. The van der Waals surface area contributed by atoms with Gasteiger partial charge in [-0.15, -0.1) is 0 Å². The molecule has 0 aromatic heterocycles. The Bertz CT molecular complexity index is 477. The lowest BCUT2D eigenvalue weighted by Gasteiger charge is -2.08. The number of hydrogen-bond acceptors (Lipinski definition) is 3. The van der Waals surface area contributed by atoms with Crippen LogP contribution in [0.3, 0.4) is 0 Å². The molecule has 0 saturated carbocycles. The number of carbonyl (C=O) groups is 1. The molecule has 4 heteroatoms. The molecule has 0 heterocycles. The minimum absolute atomic E-state index is 0.0168. The number of carbonyl (C=O) groups excluding carboxylic acids is 1. The van der Waals surface area contributed by atoms with Gasteiger partial charge in [0.15, 0.2) is 0 Å². The van der Waals surface area contributed by atoms with Crippen molar-refractivity contribution < 1.29 is 4.79 Å². The largest absolute Gasteiger partial charge is 0.397 e. The summed E-state index contributed by atoms with van der Waals surface area (Å²) in [5.74, 6) is -0.0168. The molecule has 0 saturated heterocycles. The molecule has 0 atom stereocenters. The third-order valence-corrected chi connectivity index (χ3v) is 3.21. The SMILES string of the molecule is CCCCCCCCC(=O)Nc1ccc(C#N)cc1N. The van der Waals surface area contributed by atoms with Crippen LogP contribution in [0.1, 0.15) is 57.4 Å². The maximum absolute atomic E-state index is 11.8. The highest BCUT2D eigenvalue weighted by molar-refractivity contribution is 5.93.